The number of aliphatic hydroxyl groups excluding tert-OH is 1. The number of anilines is 1. The van der Waals surface area contributed by atoms with Crippen LogP contribution in [0.15, 0.2) is 57.8 Å². The van der Waals surface area contributed by atoms with Crippen molar-refractivity contribution < 1.29 is 9.84 Å². The Hall–Kier alpha value is -2.18. The molecule has 0 aromatic carbocycles. The van der Waals surface area contributed by atoms with Gasteiger partial charge in [0.2, 0.25) is 0 Å². The van der Waals surface area contributed by atoms with Crippen molar-refractivity contribution in [3.63, 3.8) is 0 Å². The Morgan fingerprint density at radius 3 is 2.92 bits per heavy atom. The minimum absolute atomic E-state index is 0.299. The van der Waals surface area contributed by atoms with E-state index in [0.717, 1.165) is 27.8 Å². The van der Waals surface area contributed by atoms with Gasteiger partial charge in [-0.1, -0.05) is 12.2 Å². The zero-order valence-corrected chi connectivity index (χ0v) is 16.4. The Balaban J connectivity index is 2.08. The standard InChI is InChI=1S/C20H25N3O2S/c1-13(2)21-19-23-18(12-26-19)17-8-14(11-25-4)20(3)7-5-6-16(24)9-15(10-20)22-17/h5,7-10,12-13,24H,6,11H2,1-4H3,(H,21,23)/b7-5-,16-9+. The van der Waals surface area contributed by atoms with Crippen molar-refractivity contribution >= 4 is 22.2 Å². The van der Waals surface area contributed by atoms with Crippen LogP contribution in [-0.2, 0) is 4.74 Å². The van der Waals surface area contributed by atoms with E-state index >= 15 is 0 Å². The van der Waals surface area contributed by atoms with Gasteiger partial charge in [0.1, 0.15) is 5.69 Å². The van der Waals surface area contributed by atoms with Gasteiger partial charge >= 0.3 is 0 Å². The molecule has 2 heterocycles. The fourth-order valence-electron chi connectivity index (χ4n) is 3.00. The first-order valence-electron chi connectivity index (χ1n) is 8.71. The predicted octanol–water partition coefficient (Wildman–Crippen LogP) is 4.63. The summed E-state index contributed by atoms with van der Waals surface area (Å²) in [6, 6.07) is 0.322. The number of aromatic nitrogens is 1. The molecule has 1 aromatic heterocycles. The molecule has 3 rings (SSSR count). The highest BCUT2D eigenvalue weighted by molar-refractivity contribution is 7.13. The van der Waals surface area contributed by atoms with Crippen LogP contribution in [-0.4, -0.2) is 35.6 Å². The zero-order valence-electron chi connectivity index (χ0n) is 15.6. The molecule has 2 aliphatic rings. The van der Waals surface area contributed by atoms with Gasteiger partial charge < -0.3 is 15.2 Å². The average Bonchev–Trinajstić information content (AvgIpc) is 2.93. The normalized spacial score (nSPS) is 25.9. The molecule has 0 spiro atoms. The molecule has 6 heteroatoms. The molecule has 1 aliphatic carbocycles. The van der Waals surface area contributed by atoms with Crippen molar-refractivity contribution in [1.82, 2.24) is 4.98 Å². The molecule has 1 atom stereocenters. The van der Waals surface area contributed by atoms with Crippen LogP contribution in [0.25, 0.3) is 0 Å². The first-order valence-corrected chi connectivity index (χ1v) is 9.59. The van der Waals surface area contributed by atoms with Crippen molar-refractivity contribution in [1.29, 1.82) is 0 Å². The van der Waals surface area contributed by atoms with Crippen LogP contribution < -0.4 is 5.32 Å². The molecule has 0 radical (unpaired) electrons. The number of rotatable bonds is 5. The van der Waals surface area contributed by atoms with Crippen molar-refractivity contribution in [3.8, 4) is 0 Å². The molecule has 1 unspecified atom stereocenters. The van der Waals surface area contributed by atoms with Gasteiger partial charge in [-0.2, -0.15) is 0 Å². The topological polar surface area (TPSA) is 66.7 Å². The van der Waals surface area contributed by atoms with E-state index in [0.29, 0.717) is 24.8 Å². The van der Waals surface area contributed by atoms with E-state index in [1.807, 2.05) is 11.5 Å². The molecule has 138 valence electrons. The highest BCUT2D eigenvalue weighted by Gasteiger charge is 2.28. The average molecular weight is 372 g/mol. The molecular weight excluding hydrogens is 346 g/mol. The van der Waals surface area contributed by atoms with Crippen LogP contribution in [0.3, 0.4) is 0 Å². The molecule has 0 amide bonds. The fourth-order valence-corrected chi connectivity index (χ4v) is 3.85. The summed E-state index contributed by atoms with van der Waals surface area (Å²) in [5.74, 6) is 0.299. The van der Waals surface area contributed by atoms with Gasteiger partial charge in [0.05, 0.1) is 23.8 Å². The SMILES string of the molecule is COCC1=CC(c2csc(NC(C)C)n2)=NC2=CC1(C)/C=C\C/C(O)=C\2. The molecule has 2 N–H and O–H groups in total. The molecule has 0 fully saturated rings. The number of thiazole rings is 1. The fraction of sp³-hybridized carbons (Fsp3) is 0.400. The molecule has 1 aromatic rings. The third kappa shape index (κ3) is 4.14. The molecule has 2 bridgehead atoms. The van der Waals surface area contributed by atoms with E-state index in [1.54, 1.807) is 24.5 Å². The van der Waals surface area contributed by atoms with Crippen LogP contribution in [0.4, 0.5) is 5.13 Å². The number of aliphatic hydroxyl groups is 1. The van der Waals surface area contributed by atoms with Gasteiger partial charge in [-0.3, -0.25) is 0 Å². The largest absolute Gasteiger partial charge is 0.512 e. The number of nitrogens with zero attached hydrogens (tertiary/aromatic N) is 2. The summed E-state index contributed by atoms with van der Waals surface area (Å²) in [7, 11) is 1.70. The second-order valence-corrected chi connectivity index (χ2v) is 7.89. The van der Waals surface area contributed by atoms with Gasteiger partial charge in [0, 0.05) is 36.4 Å². The van der Waals surface area contributed by atoms with Gasteiger partial charge in [-0.15, -0.1) is 11.3 Å². The number of hydrogen-bond acceptors (Lipinski definition) is 6. The van der Waals surface area contributed by atoms with Crippen LogP contribution >= 0.6 is 11.3 Å². The summed E-state index contributed by atoms with van der Waals surface area (Å²) in [5, 5.41) is 16.3. The monoisotopic (exact) mass is 371 g/mol. The van der Waals surface area contributed by atoms with E-state index in [2.05, 4.69) is 49.3 Å². The second-order valence-electron chi connectivity index (χ2n) is 7.03. The van der Waals surface area contributed by atoms with Crippen LogP contribution in [0.5, 0.6) is 0 Å². The summed E-state index contributed by atoms with van der Waals surface area (Å²) in [6.45, 7) is 6.81. The smallest absolute Gasteiger partial charge is 0.183 e. The zero-order chi connectivity index (χ0) is 18.7. The van der Waals surface area contributed by atoms with Gasteiger partial charge in [-0.25, -0.2) is 9.98 Å². The van der Waals surface area contributed by atoms with E-state index in [4.69, 9.17) is 9.73 Å². The highest BCUT2D eigenvalue weighted by Crippen LogP contribution is 2.37. The van der Waals surface area contributed by atoms with E-state index in [-0.39, 0.29) is 5.41 Å². The van der Waals surface area contributed by atoms with Crippen LogP contribution in [0.1, 0.15) is 32.9 Å². The minimum atomic E-state index is -0.317. The van der Waals surface area contributed by atoms with Crippen molar-refractivity contribution in [2.45, 2.75) is 33.2 Å². The lowest BCUT2D eigenvalue weighted by Gasteiger charge is -2.26. The lowest BCUT2D eigenvalue weighted by molar-refractivity contribution is 0.215. The number of methoxy groups -OCH3 is 1. The quantitative estimate of drug-likeness (QED) is 0.741. The first kappa shape index (κ1) is 18.6. The molecule has 0 saturated heterocycles. The lowest BCUT2D eigenvalue weighted by atomic mass is 9.80. The molecular formula is C20H25N3O2S. The van der Waals surface area contributed by atoms with Crippen molar-refractivity contribution in [2.75, 3.05) is 19.0 Å². The van der Waals surface area contributed by atoms with Gasteiger partial charge in [0.15, 0.2) is 5.13 Å². The Morgan fingerprint density at radius 1 is 1.38 bits per heavy atom. The summed E-state index contributed by atoms with van der Waals surface area (Å²) < 4.78 is 5.45. The maximum Gasteiger partial charge on any atom is 0.183 e. The third-order valence-electron chi connectivity index (χ3n) is 4.28. The van der Waals surface area contributed by atoms with E-state index in [9.17, 15) is 5.11 Å². The molecule has 0 saturated carbocycles. The number of fused-ring (bicyclic) bond motifs is 1. The Morgan fingerprint density at radius 2 is 2.19 bits per heavy atom. The van der Waals surface area contributed by atoms with Crippen molar-refractivity contribution in [3.05, 3.63) is 58.5 Å². The third-order valence-corrected chi connectivity index (χ3v) is 5.06. The number of nitrogens with one attached hydrogen (secondary N) is 1. The maximum absolute atomic E-state index is 10.1. The number of aliphatic imine (C=N–C) groups is 1. The maximum atomic E-state index is 10.1. The number of ether oxygens (including phenoxy) is 1. The highest BCUT2D eigenvalue weighted by atomic mass is 32.1. The summed E-state index contributed by atoms with van der Waals surface area (Å²) in [4.78, 5) is 9.46. The molecule has 1 aliphatic heterocycles. The molecule has 5 nitrogen and oxygen atoms in total. The molecule has 26 heavy (non-hydrogen) atoms. The van der Waals surface area contributed by atoms with Gasteiger partial charge in [0.25, 0.3) is 0 Å². The Kier molecular flexibility index (Phi) is 5.44. The summed E-state index contributed by atoms with van der Waals surface area (Å²) in [5.41, 5.74) is 3.12. The summed E-state index contributed by atoms with van der Waals surface area (Å²) in [6.07, 6.45) is 10.4. The van der Waals surface area contributed by atoms with E-state index < -0.39 is 0 Å². The Bertz CT molecular complexity index is 830. The van der Waals surface area contributed by atoms with E-state index in [1.165, 1.54) is 0 Å². The first-order chi connectivity index (χ1) is 12.4. The summed E-state index contributed by atoms with van der Waals surface area (Å²) >= 11 is 1.56. The number of hydrogen-bond donors (Lipinski definition) is 2. The van der Waals surface area contributed by atoms with Crippen LogP contribution in [0.2, 0.25) is 0 Å². The minimum Gasteiger partial charge on any atom is -0.512 e. The van der Waals surface area contributed by atoms with Crippen LogP contribution in [0, 0.1) is 5.41 Å². The van der Waals surface area contributed by atoms with Crippen molar-refractivity contribution in [2.24, 2.45) is 10.4 Å². The predicted molar refractivity (Wildman–Crippen MR) is 108 cm³/mol. The lowest BCUT2D eigenvalue weighted by Crippen LogP contribution is -2.18. The number of allylic oxidation sites excluding steroid dienone is 5. The Labute approximate surface area is 158 Å². The van der Waals surface area contributed by atoms with Gasteiger partial charge in [-0.05, 0) is 38.5 Å². The second kappa shape index (κ2) is 7.60.